The van der Waals surface area contributed by atoms with E-state index in [0.717, 1.165) is 59.7 Å². The third kappa shape index (κ3) is 6.06. The number of rotatable bonds is 5. The number of nitrogens with zero attached hydrogens (tertiary/aromatic N) is 3. The Labute approximate surface area is 264 Å². The van der Waals surface area contributed by atoms with Crippen molar-refractivity contribution in [2.24, 2.45) is 0 Å². The molecule has 4 amide bonds. The van der Waals surface area contributed by atoms with Crippen LogP contribution in [0.5, 0.6) is 0 Å². The summed E-state index contributed by atoms with van der Waals surface area (Å²) in [5.74, 6) is -0.119. The monoisotopic (exact) mass is 617 g/mol. The summed E-state index contributed by atoms with van der Waals surface area (Å²) in [5.41, 5.74) is 13.5. The molecule has 3 saturated heterocycles. The molecule has 2 aromatic carbocycles. The van der Waals surface area contributed by atoms with E-state index < -0.39 is 17.7 Å². The standard InChI is InChI=1S/C33H44N8O4/c1-22-19-23(20-27-29(22)37-38-36-27)21-28(30(42)40-15-9-24(10-16-40)39-13-5-2-6-14-39)45-32(44)41-17-11-33(12-18-41)25-7-3-4-8-26(25)34-31(43)35-33/h3-4,7-8,19-20,24,28,36-38H,2,5-6,9-18,21H2,1H3,(H2,34,35,43)/p+1. The minimum atomic E-state index is -0.918. The average molecular weight is 618 g/mol. The number of piperidine rings is 3. The largest absolute Gasteiger partial charge is 0.436 e. The summed E-state index contributed by atoms with van der Waals surface area (Å²) in [6.45, 7) is 6.53. The van der Waals surface area contributed by atoms with Crippen LogP contribution in [-0.4, -0.2) is 84.1 Å². The molecule has 5 heterocycles. The van der Waals surface area contributed by atoms with Gasteiger partial charge in [-0.2, -0.15) is 0 Å². The SMILES string of the molecule is Cc1cc(CC(OC(=O)N2CCC3(CC2)NC(=O)Nc2ccccc23)C(=O)N2CCC(N3CCCCC3)CC2)cc2c1NN[NH2+]2. The van der Waals surface area contributed by atoms with Gasteiger partial charge in [-0.1, -0.05) is 36.2 Å². The zero-order valence-electron chi connectivity index (χ0n) is 26.1. The molecule has 0 saturated carbocycles. The highest BCUT2D eigenvalue weighted by Crippen LogP contribution is 2.39. The maximum absolute atomic E-state index is 14.1. The number of ether oxygens (including phenoxy) is 1. The van der Waals surface area contributed by atoms with Gasteiger partial charge < -0.3 is 30.1 Å². The van der Waals surface area contributed by atoms with Gasteiger partial charge in [0, 0.05) is 56.0 Å². The van der Waals surface area contributed by atoms with Gasteiger partial charge in [0.2, 0.25) is 0 Å². The van der Waals surface area contributed by atoms with E-state index in [9.17, 15) is 14.4 Å². The van der Waals surface area contributed by atoms with Gasteiger partial charge in [-0.3, -0.25) is 10.2 Å². The van der Waals surface area contributed by atoms with Crippen molar-refractivity contribution in [2.75, 3.05) is 50.0 Å². The molecule has 6 N–H and O–H groups in total. The van der Waals surface area contributed by atoms with Gasteiger partial charge in [0.15, 0.2) is 11.8 Å². The molecule has 5 aliphatic heterocycles. The van der Waals surface area contributed by atoms with Crippen molar-refractivity contribution in [2.45, 2.75) is 76.0 Å². The van der Waals surface area contributed by atoms with E-state index in [4.69, 9.17) is 4.74 Å². The van der Waals surface area contributed by atoms with Crippen molar-refractivity contribution in [3.05, 3.63) is 53.1 Å². The van der Waals surface area contributed by atoms with Gasteiger partial charge in [0.1, 0.15) is 5.69 Å². The normalized spacial score (nSPS) is 22.1. The number of carbonyl (C=O) groups excluding carboxylic acids is 3. The molecule has 12 nitrogen and oxygen atoms in total. The quantitative estimate of drug-likeness (QED) is 0.257. The number of anilines is 2. The average Bonchev–Trinajstić information content (AvgIpc) is 3.54. The van der Waals surface area contributed by atoms with Crippen LogP contribution in [-0.2, 0) is 21.5 Å². The van der Waals surface area contributed by atoms with Crippen LogP contribution in [0.1, 0.15) is 61.6 Å². The molecular weight excluding hydrogens is 572 g/mol. The van der Waals surface area contributed by atoms with E-state index in [2.05, 4.69) is 32.6 Å². The Morgan fingerprint density at radius 3 is 2.53 bits per heavy atom. The molecule has 240 valence electrons. The minimum Gasteiger partial charge on any atom is -0.436 e. The fourth-order valence-electron chi connectivity index (χ4n) is 7.92. The Bertz CT molecular complexity index is 1440. The Hall–Kier alpha value is -3.87. The van der Waals surface area contributed by atoms with E-state index >= 15 is 0 Å². The third-order valence-electron chi connectivity index (χ3n) is 10.4. The summed E-state index contributed by atoms with van der Waals surface area (Å²) in [6, 6.07) is 12.2. The second-order valence-electron chi connectivity index (χ2n) is 13.2. The van der Waals surface area contributed by atoms with Crippen LogP contribution in [0.2, 0.25) is 0 Å². The van der Waals surface area contributed by atoms with E-state index in [1.54, 1.807) is 4.90 Å². The second-order valence-corrected chi connectivity index (χ2v) is 13.2. The number of para-hydroxylation sites is 1. The molecule has 1 atom stereocenters. The lowest BCUT2D eigenvalue weighted by molar-refractivity contribution is -0.620. The molecule has 1 unspecified atom stereocenters. The predicted molar refractivity (Wildman–Crippen MR) is 170 cm³/mol. The number of nitrogens with two attached hydrogens (primary N) is 1. The zero-order chi connectivity index (χ0) is 31.0. The topological polar surface area (TPSA) is 135 Å². The number of quaternary nitrogens is 1. The van der Waals surface area contributed by atoms with Crippen molar-refractivity contribution in [3.8, 4) is 0 Å². The summed E-state index contributed by atoms with van der Waals surface area (Å²) < 4.78 is 6.12. The lowest BCUT2D eigenvalue weighted by Crippen LogP contribution is -2.86. The Kier molecular flexibility index (Phi) is 8.28. The number of hydrogen-bond donors (Lipinski definition) is 5. The zero-order valence-corrected chi connectivity index (χ0v) is 26.1. The van der Waals surface area contributed by atoms with Crippen LogP contribution >= 0.6 is 0 Å². The van der Waals surface area contributed by atoms with E-state index in [-0.39, 0.29) is 11.9 Å². The molecule has 5 aliphatic rings. The first-order valence-corrected chi connectivity index (χ1v) is 16.5. The summed E-state index contributed by atoms with van der Waals surface area (Å²) in [7, 11) is 0. The molecule has 2 aromatic rings. The maximum Gasteiger partial charge on any atom is 0.410 e. The van der Waals surface area contributed by atoms with Gasteiger partial charge in [0.25, 0.3) is 5.91 Å². The first-order valence-electron chi connectivity index (χ1n) is 16.5. The van der Waals surface area contributed by atoms with E-state index in [1.807, 2.05) is 47.6 Å². The predicted octanol–water partition coefficient (Wildman–Crippen LogP) is 2.69. The highest BCUT2D eigenvalue weighted by molar-refractivity contribution is 5.93. The van der Waals surface area contributed by atoms with E-state index in [1.165, 1.54) is 19.3 Å². The number of urea groups is 1. The molecule has 0 aliphatic carbocycles. The fraction of sp³-hybridized carbons (Fsp3) is 0.545. The van der Waals surface area contributed by atoms with Crippen LogP contribution in [0, 0.1) is 6.92 Å². The highest BCUT2D eigenvalue weighted by atomic mass is 16.6. The van der Waals surface area contributed by atoms with Crippen LogP contribution < -0.4 is 27.0 Å². The van der Waals surface area contributed by atoms with Crippen LogP contribution in [0.3, 0.4) is 0 Å². The molecular formula is C33H45N8O4+. The molecule has 12 heteroatoms. The molecule has 45 heavy (non-hydrogen) atoms. The number of likely N-dealkylation sites (tertiary alicyclic amines) is 3. The van der Waals surface area contributed by atoms with Crippen molar-refractivity contribution < 1.29 is 24.5 Å². The lowest BCUT2D eigenvalue weighted by Gasteiger charge is -2.45. The van der Waals surface area contributed by atoms with Gasteiger partial charge >= 0.3 is 12.1 Å². The van der Waals surface area contributed by atoms with E-state index in [0.29, 0.717) is 51.5 Å². The Balaban J connectivity index is 1.05. The van der Waals surface area contributed by atoms with Crippen LogP contribution in [0.25, 0.3) is 0 Å². The summed E-state index contributed by atoms with van der Waals surface area (Å²) in [4.78, 5) is 46.4. The summed E-state index contributed by atoms with van der Waals surface area (Å²) >= 11 is 0. The number of benzene rings is 2. The Morgan fingerprint density at radius 2 is 1.76 bits per heavy atom. The van der Waals surface area contributed by atoms with Crippen molar-refractivity contribution in [3.63, 3.8) is 0 Å². The van der Waals surface area contributed by atoms with Crippen molar-refractivity contribution >= 4 is 35.1 Å². The van der Waals surface area contributed by atoms with Crippen LogP contribution in [0.15, 0.2) is 36.4 Å². The van der Waals surface area contributed by atoms with Gasteiger partial charge in [-0.15, -0.1) is 0 Å². The molecule has 7 rings (SSSR count). The lowest BCUT2D eigenvalue weighted by atomic mass is 9.79. The second kappa shape index (κ2) is 12.5. The summed E-state index contributed by atoms with van der Waals surface area (Å²) in [5, 5.41) is 6.02. The number of hydrogen-bond acceptors (Lipinski definition) is 7. The number of aryl methyl sites for hydroxylation is 1. The number of nitrogens with one attached hydrogen (secondary N) is 4. The molecule has 1 spiro atoms. The van der Waals surface area contributed by atoms with Gasteiger partial charge in [0.05, 0.1) is 5.54 Å². The number of fused-ring (bicyclic) bond motifs is 3. The number of carbonyl (C=O) groups is 3. The van der Waals surface area contributed by atoms with Crippen LogP contribution in [0.4, 0.5) is 26.7 Å². The molecule has 0 radical (unpaired) electrons. The number of amides is 4. The van der Waals surface area contributed by atoms with Gasteiger partial charge in [-0.25, -0.2) is 15.0 Å². The maximum atomic E-state index is 14.1. The first kappa shape index (κ1) is 29.8. The molecule has 3 fully saturated rings. The molecule has 0 aromatic heterocycles. The number of hydrazine groups is 1. The first-order chi connectivity index (χ1) is 21.9. The summed E-state index contributed by atoms with van der Waals surface area (Å²) in [6.07, 6.45) is 5.77. The van der Waals surface area contributed by atoms with Gasteiger partial charge in [-0.05, 0) is 75.7 Å². The minimum absolute atomic E-state index is 0.119. The smallest absolute Gasteiger partial charge is 0.410 e. The highest BCUT2D eigenvalue weighted by Gasteiger charge is 2.44. The van der Waals surface area contributed by atoms with Crippen molar-refractivity contribution in [1.29, 1.82) is 0 Å². The van der Waals surface area contributed by atoms with Crippen molar-refractivity contribution in [1.82, 2.24) is 25.6 Å². The molecule has 0 bridgehead atoms. The Morgan fingerprint density at radius 1 is 1.00 bits per heavy atom. The third-order valence-corrected chi connectivity index (χ3v) is 10.4. The fourth-order valence-corrected chi connectivity index (χ4v) is 7.92.